The topological polar surface area (TPSA) is 72.2 Å². The number of benzene rings is 2. The summed E-state index contributed by atoms with van der Waals surface area (Å²) in [6.45, 7) is 0. The number of halogens is 5. The zero-order chi connectivity index (χ0) is 21.5. The van der Waals surface area contributed by atoms with Crippen LogP contribution in [0.1, 0.15) is 16.3 Å². The number of aromatic nitrogens is 4. The van der Waals surface area contributed by atoms with Crippen molar-refractivity contribution in [2.75, 3.05) is 5.32 Å². The third kappa shape index (κ3) is 3.81. The van der Waals surface area contributed by atoms with E-state index in [0.717, 1.165) is 30.3 Å². The normalized spacial score (nSPS) is 11.6. The third-order valence-electron chi connectivity index (χ3n) is 4.05. The summed E-state index contributed by atoms with van der Waals surface area (Å²) in [5.74, 6) is -3.00. The van der Waals surface area contributed by atoms with E-state index in [2.05, 4.69) is 20.4 Å². The molecule has 0 unspecified atom stereocenters. The van der Waals surface area contributed by atoms with Crippen LogP contribution in [-0.4, -0.2) is 25.5 Å². The first kappa shape index (κ1) is 19.4. The maximum atomic E-state index is 13.6. The quantitative estimate of drug-likeness (QED) is 0.502. The summed E-state index contributed by atoms with van der Waals surface area (Å²) in [4.78, 5) is 20.1. The van der Waals surface area contributed by atoms with Crippen molar-refractivity contribution in [3.8, 4) is 11.3 Å². The van der Waals surface area contributed by atoms with Gasteiger partial charge in [-0.2, -0.15) is 22.7 Å². The van der Waals surface area contributed by atoms with E-state index in [1.807, 2.05) is 0 Å². The second-order valence-corrected chi connectivity index (χ2v) is 6.14. The Morgan fingerprint density at radius 2 is 1.50 bits per heavy atom. The fraction of sp³-hybridized carbons (Fsp3) is 0.0526. The Morgan fingerprint density at radius 3 is 2.10 bits per heavy atom. The zero-order valence-corrected chi connectivity index (χ0v) is 14.8. The van der Waals surface area contributed by atoms with Gasteiger partial charge in [-0.3, -0.25) is 4.79 Å². The van der Waals surface area contributed by atoms with Crippen LogP contribution in [0.3, 0.4) is 0 Å². The predicted octanol–water partition coefficient (Wildman–Crippen LogP) is 4.34. The Kier molecular flexibility index (Phi) is 4.65. The predicted molar refractivity (Wildman–Crippen MR) is 95.5 cm³/mol. The fourth-order valence-electron chi connectivity index (χ4n) is 2.66. The second-order valence-electron chi connectivity index (χ2n) is 6.14. The lowest BCUT2D eigenvalue weighted by Crippen LogP contribution is -2.16. The molecule has 0 aliphatic rings. The molecule has 1 N–H and O–H groups in total. The number of amides is 1. The molecule has 11 heteroatoms. The van der Waals surface area contributed by atoms with Crippen molar-refractivity contribution in [1.82, 2.24) is 19.6 Å². The minimum absolute atomic E-state index is 0.118. The number of hydrogen-bond acceptors (Lipinski definition) is 4. The molecule has 0 saturated heterocycles. The smallest absolute Gasteiger partial charge is 0.319 e. The largest absolute Gasteiger partial charge is 0.433 e. The minimum Gasteiger partial charge on any atom is -0.319 e. The van der Waals surface area contributed by atoms with Gasteiger partial charge in [-0.1, -0.05) is 0 Å². The standard InChI is InChI=1S/C19H10F5N5O/c20-11-3-1-10(2-4-11)14-9-15(19(22,23)24)29-18(26-14)27-16(28-29)17(30)25-13-7-5-12(21)6-8-13/h1-9H,(H,25,30). The minimum atomic E-state index is -4.83. The summed E-state index contributed by atoms with van der Waals surface area (Å²) in [6, 6.07) is 10.2. The number of carbonyl (C=O) groups is 1. The van der Waals surface area contributed by atoms with Gasteiger partial charge in [0.1, 0.15) is 11.6 Å². The van der Waals surface area contributed by atoms with E-state index < -0.39 is 41.0 Å². The first-order valence-electron chi connectivity index (χ1n) is 8.38. The number of nitrogens with zero attached hydrogens (tertiary/aromatic N) is 4. The van der Waals surface area contributed by atoms with Gasteiger partial charge in [0, 0.05) is 11.3 Å². The van der Waals surface area contributed by atoms with E-state index in [1.54, 1.807) is 0 Å². The summed E-state index contributed by atoms with van der Waals surface area (Å²) >= 11 is 0. The second kappa shape index (κ2) is 7.17. The molecule has 30 heavy (non-hydrogen) atoms. The lowest BCUT2D eigenvalue weighted by Gasteiger charge is -2.10. The Bertz CT molecular complexity index is 1230. The average Bonchev–Trinajstić information content (AvgIpc) is 3.13. The third-order valence-corrected chi connectivity index (χ3v) is 4.05. The number of alkyl halides is 3. The van der Waals surface area contributed by atoms with Crippen molar-refractivity contribution in [2.45, 2.75) is 6.18 Å². The number of nitrogens with one attached hydrogen (secondary N) is 1. The number of carbonyl (C=O) groups excluding carboxylic acids is 1. The molecule has 2 heterocycles. The monoisotopic (exact) mass is 419 g/mol. The van der Waals surface area contributed by atoms with E-state index in [1.165, 1.54) is 24.3 Å². The molecule has 0 atom stereocenters. The van der Waals surface area contributed by atoms with E-state index in [-0.39, 0.29) is 16.9 Å². The lowest BCUT2D eigenvalue weighted by atomic mass is 10.1. The van der Waals surface area contributed by atoms with Gasteiger partial charge in [0.2, 0.25) is 5.82 Å². The molecule has 0 fully saturated rings. The highest BCUT2D eigenvalue weighted by atomic mass is 19.4. The fourth-order valence-corrected chi connectivity index (χ4v) is 2.66. The average molecular weight is 419 g/mol. The summed E-state index contributed by atoms with van der Waals surface area (Å²) < 4.78 is 67.2. The van der Waals surface area contributed by atoms with Crippen LogP contribution < -0.4 is 5.32 Å². The van der Waals surface area contributed by atoms with Gasteiger partial charge in [0.15, 0.2) is 5.69 Å². The van der Waals surface area contributed by atoms with E-state index >= 15 is 0 Å². The Hall–Kier alpha value is -3.89. The molecule has 0 bridgehead atoms. The highest BCUT2D eigenvalue weighted by molar-refractivity contribution is 6.01. The molecule has 1 amide bonds. The first-order chi connectivity index (χ1) is 14.2. The molecule has 2 aromatic carbocycles. The van der Waals surface area contributed by atoms with Gasteiger partial charge in [-0.25, -0.2) is 13.8 Å². The summed E-state index contributed by atoms with van der Waals surface area (Å²) in [6.07, 6.45) is -4.83. The SMILES string of the molecule is O=C(Nc1ccc(F)cc1)c1nc2nc(-c3ccc(F)cc3)cc(C(F)(F)F)n2n1. The van der Waals surface area contributed by atoms with Gasteiger partial charge in [-0.15, -0.1) is 5.10 Å². The van der Waals surface area contributed by atoms with E-state index in [0.29, 0.717) is 4.52 Å². The van der Waals surface area contributed by atoms with Crippen molar-refractivity contribution in [3.05, 3.63) is 77.8 Å². The summed E-state index contributed by atoms with van der Waals surface area (Å²) in [5, 5.41) is 5.98. The van der Waals surface area contributed by atoms with Gasteiger partial charge >= 0.3 is 6.18 Å². The van der Waals surface area contributed by atoms with Crippen LogP contribution >= 0.6 is 0 Å². The molecule has 4 aromatic rings. The summed E-state index contributed by atoms with van der Waals surface area (Å²) in [7, 11) is 0. The molecule has 0 spiro atoms. The van der Waals surface area contributed by atoms with Crippen molar-refractivity contribution < 1.29 is 26.7 Å². The van der Waals surface area contributed by atoms with Crippen LogP contribution in [0.2, 0.25) is 0 Å². The van der Waals surface area contributed by atoms with E-state index in [4.69, 9.17) is 0 Å². The van der Waals surface area contributed by atoms with Gasteiger partial charge in [-0.05, 0) is 54.6 Å². The van der Waals surface area contributed by atoms with Crippen LogP contribution in [0, 0.1) is 11.6 Å². The van der Waals surface area contributed by atoms with Gasteiger partial charge in [0.05, 0.1) is 5.69 Å². The molecule has 0 aliphatic carbocycles. The molecule has 4 rings (SSSR count). The molecule has 152 valence electrons. The van der Waals surface area contributed by atoms with Crippen LogP contribution in [0.5, 0.6) is 0 Å². The molecule has 0 saturated carbocycles. The molecule has 2 aromatic heterocycles. The van der Waals surface area contributed by atoms with Gasteiger partial charge < -0.3 is 5.32 Å². The number of rotatable bonds is 3. The Labute approximate surface area is 165 Å². The van der Waals surface area contributed by atoms with Crippen LogP contribution in [0.15, 0.2) is 54.6 Å². The van der Waals surface area contributed by atoms with Crippen LogP contribution in [0.4, 0.5) is 27.6 Å². The van der Waals surface area contributed by atoms with Gasteiger partial charge in [0.25, 0.3) is 11.7 Å². The Morgan fingerprint density at radius 1 is 0.900 bits per heavy atom. The first-order valence-corrected chi connectivity index (χ1v) is 8.38. The van der Waals surface area contributed by atoms with Crippen molar-refractivity contribution >= 4 is 17.4 Å². The number of hydrogen-bond donors (Lipinski definition) is 1. The highest BCUT2D eigenvalue weighted by Crippen LogP contribution is 2.32. The zero-order valence-electron chi connectivity index (χ0n) is 14.8. The number of anilines is 1. The molecule has 6 nitrogen and oxygen atoms in total. The van der Waals surface area contributed by atoms with Crippen molar-refractivity contribution in [2.24, 2.45) is 0 Å². The highest BCUT2D eigenvalue weighted by Gasteiger charge is 2.36. The van der Waals surface area contributed by atoms with Crippen molar-refractivity contribution in [3.63, 3.8) is 0 Å². The summed E-state index contributed by atoms with van der Waals surface area (Å²) in [5.41, 5.74) is -0.895. The molecular formula is C19H10F5N5O. The molecule has 0 radical (unpaired) electrons. The van der Waals surface area contributed by atoms with Crippen LogP contribution in [0.25, 0.3) is 17.0 Å². The van der Waals surface area contributed by atoms with Crippen molar-refractivity contribution in [1.29, 1.82) is 0 Å². The van der Waals surface area contributed by atoms with E-state index in [9.17, 15) is 26.7 Å². The maximum absolute atomic E-state index is 13.6. The molecule has 0 aliphatic heterocycles. The molecular weight excluding hydrogens is 409 g/mol. The number of fused-ring (bicyclic) bond motifs is 1. The van der Waals surface area contributed by atoms with Crippen LogP contribution in [-0.2, 0) is 6.18 Å². The Balaban J connectivity index is 1.77. The maximum Gasteiger partial charge on any atom is 0.433 e. The lowest BCUT2D eigenvalue weighted by molar-refractivity contribution is -0.142.